The van der Waals surface area contributed by atoms with Crippen LogP contribution in [-0.4, -0.2) is 10.1 Å². The van der Waals surface area contributed by atoms with Crippen molar-refractivity contribution in [3.05, 3.63) is 84.6 Å². The van der Waals surface area contributed by atoms with Gasteiger partial charge in [0.1, 0.15) is 11.3 Å². The first-order chi connectivity index (χ1) is 12.8. The highest BCUT2D eigenvalue weighted by molar-refractivity contribution is 7.99. The number of nitrogens with zero attached hydrogens (tertiary/aromatic N) is 2. The van der Waals surface area contributed by atoms with E-state index in [-0.39, 0.29) is 5.75 Å². The normalized spacial score (nSPS) is 12.7. The molecule has 5 rings (SSSR count). The smallest absolute Gasteiger partial charge is 0.141 e. The Morgan fingerprint density at radius 3 is 2.23 bits per heavy atom. The summed E-state index contributed by atoms with van der Waals surface area (Å²) in [5, 5.41) is 11.1. The van der Waals surface area contributed by atoms with Gasteiger partial charge in [-0.15, -0.1) is 0 Å². The monoisotopic (exact) mass is 356 g/mol. The zero-order chi connectivity index (χ0) is 17.5. The van der Waals surface area contributed by atoms with E-state index in [1.54, 1.807) is 12.3 Å². The lowest BCUT2D eigenvalue weighted by Gasteiger charge is -2.33. The molecule has 0 aliphatic carbocycles. The molecule has 1 N–H and O–H groups in total. The Hall–Kier alpha value is -2.98. The highest BCUT2D eigenvalue weighted by Crippen LogP contribution is 2.48. The van der Waals surface area contributed by atoms with Gasteiger partial charge in [-0.2, -0.15) is 0 Å². The van der Waals surface area contributed by atoms with Crippen LogP contribution in [0.5, 0.6) is 5.75 Å². The molecule has 3 aromatic carbocycles. The Labute approximate surface area is 155 Å². The standard InChI is InChI=1S/C22H16N2OS/c25-19-12-11-15(16-6-5-13-23-22(16)19)14-24-17-7-1-3-9-20(17)26-21-10-4-2-8-18(21)24/h1-13,25H,14H2. The summed E-state index contributed by atoms with van der Waals surface area (Å²) in [6, 6.07) is 24.7. The van der Waals surface area contributed by atoms with Gasteiger partial charge in [-0.25, -0.2) is 0 Å². The van der Waals surface area contributed by atoms with E-state index in [9.17, 15) is 5.11 Å². The number of hydrogen-bond donors (Lipinski definition) is 1. The molecule has 0 amide bonds. The van der Waals surface area contributed by atoms with E-state index in [0.717, 1.165) is 17.5 Å². The molecule has 4 heteroatoms. The molecule has 0 radical (unpaired) electrons. The molecule has 1 aliphatic heterocycles. The number of fused-ring (bicyclic) bond motifs is 3. The van der Waals surface area contributed by atoms with E-state index in [4.69, 9.17) is 0 Å². The molecule has 2 heterocycles. The van der Waals surface area contributed by atoms with Crippen molar-refractivity contribution in [2.45, 2.75) is 16.3 Å². The highest BCUT2D eigenvalue weighted by Gasteiger charge is 2.23. The predicted molar refractivity (Wildman–Crippen MR) is 106 cm³/mol. The van der Waals surface area contributed by atoms with Gasteiger partial charge >= 0.3 is 0 Å². The summed E-state index contributed by atoms with van der Waals surface area (Å²) in [5.41, 5.74) is 4.21. The number of phenols is 1. The van der Waals surface area contributed by atoms with Crippen LogP contribution in [0.4, 0.5) is 11.4 Å². The van der Waals surface area contributed by atoms with Crippen LogP contribution in [0.3, 0.4) is 0 Å². The van der Waals surface area contributed by atoms with Crippen molar-refractivity contribution in [1.82, 2.24) is 4.98 Å². The van der Waals surface area contributed by atoms with Crippen molar-refractivity contribution in [2.75, 3.05) is 4.90 Å². The van der Waals surface area contributed by atoms with Crippen molar-refractivity contribution in [1.29, 1.82) is 0 Å². The maximum Gasteiger partial charge on any atom is 0.141 e. The summed E-state index contributed by atoms with van der Waals surface area (Å²) >= 11 is 1.81. The van der Waals surface area contributed by atoms with Gasteiger partial charge in [-0.1, -0.05) is 48.2 Å². The van der Waals surface area contributed by atoms with Crippen LogP contribution in [0.1, 0.15) is 5.56 Å². The van der Waals surface area contributed by atoms with E-state index in [1.807, 2.05) is 30.0 Å². The molecule has 0 bridgehead atoms. The molecule has 4 aromatic rings. The fraction of sp³-hybridized carbons (Fsp3) is 0.0455. The first kappa shape index (κ1) is 15.3. The lowest BCUT2D eigenvalue weighted by atomic mass is 10.1. The first-order valence-corrected chi connectivity index (χ1v) is 9.32. The third-order valence-electron chi connectivity index (χ3n) is 4.70. The lowest BCUT2D eigenvalue weighted by Crippen LogP contribution is -2.20. The minimum Gasteiger partial charge on any atom is -0.506 e. The molecule has 0 atom stereocenters. The Balaban J connectivity index is 1.67. The Morgan fingerprint density at radius 1 is 0.808 bits per heavy atom. The Kier molecular flexibility index (Phi) is 3.57. The van der Waals surface area contributed by atoms with Crippen LogP contribution in [0.15, 0.2) is 88.8 Å². The van der Waals surface area contributed by atoms with Gasteiger partial charge in [-0.05, 0) is 42.0 Å². The molecule has 0 saturated carbocycles. The number of anilines is 2. The van der Waals surface area contributed by atoms with E-state index < -0.39 is 0 Å². The third-order valence-corrected chi connectivity index (χ3v) is 5.83. The number of rotatable bonds is 2. The van der Waals surface area contributed by atoms with Gasteiger partial charge in [0, 0.05) is 27.9 Å². The molecule has 3 nitrogen and oxygen atoms in total. The van der Waals surface area contributed by atoms with Gasteiger partial charge < -0.3 is 10.0 Å². The second-order valence-electron chi connectivity index (χ2n) is 6.27. The second-order valence-corrected chi connectivity index (χ2v) is 7.35. The van der Waals surface area contributed by atoms with Gasteiger partial charge in [0.2, 0.25) is 0 Å². The van der Waals surface area contributed by atoms with Crippen LogP contribution >= 0.6 is 11.8 Å². The Bertz CT molecular complexity index is 1080. The molecule has 0 saturated heterocycles. The molecule has 126 valence electrons. The van der Waals surface area contributed by atoms with Gasteiger partial charge in [0.15, 0.2) is 0 Å². The van der Waals surface area contributed by atoms with Gasteiger partial charge in [0.05, 0.1) is 11.4 Å². The SMILES string of the molecule is Oc1ccc(CN2c3ccccc3Sc3ccccc32)c2cccnc12. The molecular formula is C22H16N2OS. The lowest BCUT2D eigenvalue weighted by molar-refractivity contribution is 0.480. The van der Waals surface area contributed by atoms with Crippen molar-refractivity contribution in [3.63, 3.8) is 0 Å². The third kappa shape index (κ3) is 2.42. The minimum atomic E-state index is 0.222. The van der Waals surface area contributed by atoms with Crippen molar-refractivity contribution in [3.8, 4) is 5.75 Å². The molecule has 0 spiro atoms. The van der Waals surface area contributed by atoms with Crippen molar-refractivity contribution < 1.29 is 5.11 Å². The second kappa shape index (κ2) is 6.07. The van der Waals surface area contributed by atoms with Crippen LogP contribution in [-0.2, 0) is 6.54 Å². The molecule has 1 aliphatic rings. The van der Waals surface area contributed by atoms with Crippen LogP contribution in [0, 0.1) is 0 Å². The largest absolute Gasteiger partial charge is 0.506 e. The number of para-hydroxylation sites is 2. The average molecular weight is 356 g/mol. The van der Waals surface area contributed by atoms with E-state index in [0.29, 0.717) is 5.52 Å². The number of pyridine rings is 1. The topological polar surface area (TPSA) is 36.4 Å². The summed E-state index contributed by atoms with van der Waals surface area (Å²) in [5.74, 6) is 0.222. The molecule has 1 aromatic heterocycles. The molecule has 0 fully saturated rings. The summed E-state index contributed by atoms with van der Waals surface area (Å²) < 4.78 is 0. The van der Waals surface area contributed by atoms with Crippen molar-refractivity contribution in [2.24, 2.45) is 0 Å². The van der Waals surface area contributed by atoms with Crippen molar-refractivity contribution >= 4 is 34.0 Å². The predicted octanol–water partition coefficient (Wildman–Crippen LogP) is 5.74. The van der Waals surface area contributed by atoms with E-state index in [2.05, 4.69) is 58.4 Å². The fourth-order valence-corrected chi connectivity index (χ4v) is 4.57. The van der Waals surface area contributed by atoms with Crippen LogP contribution < -0.4 is 4.90 Å². The summed E-state index contributed by atoms with van der Waals surface area (Å²) in [4.78, 5) is 9.21. The van der Waals surface area contributed by atoms with Gasteiger partial charge in [-0.3, -0.25) is 4.98 Å². The number of aromatic nitrogens is 1. The molecule has 26 heavy (non-hydrogen) atoms. The quantitative estimate of drug-likeness (QED) is 0.496. The van der Waals surface area contributed by atoms with E-state index in [1.165, 1.54) is 21.2 Å². The van der Waals surface area contributed by atoms with Crippen LogP contribution in [0.2, 0.25) is 0 Å². The highest BCUT2D eigenvalue weighted by atomic mass is 32.2. The maximum atomic E-state index is 10.1. The summed E-state index contributed by atoms with van der Waals surface area (Å²) in [7, 11) is 0. The number of hydrogen-bond acceptors (Lipinski definition) is 4. The number of benzene rings is 3. The van der Waals surface area contributed by atoms with Crippen LogP contribution in [0.25, 0.3) is 10.9 Å². The number of phenolic OH excluding ortho intramolecular Hbond substituents is 1. The van der Waals surface area contributed by atoms with E-state index >= 15 is 0 Å². The van der Waals surface area contributed by atoms with Gasteiger partial charge in [0.25, 0.3) is 0 Å². The summed E-state index contributed by atoms with van der Waals surface area (Å²) in [6.07, 6.45) is 1.72. The zero-order valence-electron chi connectivity index (χ0n) is 14.0. The summed E-state index contributed by atoms with van der Waals surface area (Å²) in [6.45, 7) is 0.719. The molecule has 0 unspecified atom stereocenters. The Morgan fingerprint density at radius 2 is 1.50 bits per heavy atom. The minimum absolute atomic E-state index is 0.222. The first-order valence-electron chi connectivity index (χ1n) is 8.50. The average Bonchev–Trinajstić information content (AvgIpc) is 2.70. The maximum absolute atomic E-state index is 10.1. The number of aromatic hydroxyl groups is 1. The zero-order valence-corrected chi connectivity index (χ0v) is 14.8. The molecular weight excluding hydrogens is 340 g/mol. The fourth-order valence-electron chi connectivity index (χ4n) is 3.48.